The predicted octanol–water partition coefficient (Wildman–Crippen LogP) is 5.58. The highest BCUT2D eigenvalue weighted by Gasteiger charge is 2.24. The molecule has 5 aromatic rings. The summed E-state index contributed by atoms with van der Waals surface area (Å²) in [6.45, 7) is 4.37. The van der Waals surface area contributed by atoms with Crippen LogP contribution in [0, 0.1) is 0 Å². The Morgan fingerprint density at radius 1 is 0.833 bits per heavy atom. The van der Waals surface area contributed by atoms with Crippen molar-refractivity contribution in [2.45, 2.75) is 11.4 Å². The van der Waals surface area contributed by atoms with Gasteiger partial charge in [0, 0.05) is 30.4 Å². The van der Waals surface area contributed by atoms with E-state index in [1.807, 2.05) is 24.3 Å². The third-order valence-corrected chi connectivity index (χ3v) is 8.55. The lowest BCUT2D eigenvalue weighted by Crippen LogP contribution is -2.35. The lowest BCUT2D eigenvalue weighted by Gasteiger charge is -2.26. The van der Waals surface area contributed by atoms with Crippen LogP contribution >= 0.6 is 11.6 Å². The zero-order valence-electron chi connectivity index (χ0n) is 19.5. The highest BCUT2D eigenvalue weighted by molar-refractivity contribution is 7.90. The van der Waals surface area contributed by atoms with Crippen molar-refractivity contribution < 1.29 is 13.2 Å². The quantitative estimate of drug-likeness (QED) is 0.285. The molecule has 0 unspecified atom stereocenters. The molecule has 3 heterocycles. The number of nitrogens with zero attached hydrogens (tertiary/aromatic N) is 3. The standard InChI is InChI=1S/C28H24ClN3O3S/c29-27-13-11-24-25-18-22(21-8-6-20(7-9-21)19-31-14-16-35-17-15-31)10-12-26(25)32(28(24)30-27)36(33,34)23-4-2-1-3-5-23/h1-13,18H,14-17,19H2. The van der Waals surface area contributed by atoms with Crippen molar-refractivity contribution in [3.05, 3.63) is 95.6 Å². The Morgan fingerprint density at radius 3 is 2.31 bits per heavy atom. The first-order chi connectivity index (χ1) is 17.5. The van der Waals surface area contributed by atoms with Gasteiger partial charge in [-0.05, 0) is 53.1 Å². The smallest absolute Gasteiger partial charge is 0.269 e. The number of aromatic nitrogens is 2. The van der Waals surface area contributed by atoms with Gasteiger partial charge in [0.15, 0.2) is 5.65 Å². The van der Waals surface area contributed by atoms with Gasteiger partial charge in [-0.1, -0.05) is 60.1 Å². The lowest BCUT2D eigenvalue weighted by molar-refractivity contribution is 0.0342. The average molecular weight is 518 g/mol. The SMILES string of the molecule is O=S(=O)(c1ccccc1)n1c2ccc(-c3ccc(CN4CCOCC4)cc3)cc2c2ccc(Cl)nc21. The van der Waals surface area contributed by atoms with Crippen LogP contribution in [0.5, 0.6) is 0 Å². The molecule has 182 valence electrons. The van der Waals surface area contributed by atoms with Crippen LogP contribution in [0.1, 0.15) is 5.56 Å². The summed E-state index contributed by atoms with van der Waals surface area (Å²) < 4.78 is 34.1. The molecular formula is C28H24ClN3O3S. The van der Waals surface area contributed by atoms with Crippen LogP contribution in [-0.2, 0) is 21.3 Å². The fraction of sp³-hybridized carbons (Fsp3) is 0.179. The van der Waals surface area contributed by atoms with E-state index in [-0.39, 0.29) is 10.0 Å². The van der Waals surface area contributed by atoms with E-state index in [1.165, 1.54) is 9.54 Å². The molecule has 36 heavy (non-hydrogen) atoms. The predicted molar refractivity (Wildman–Crippen MR) is 143 cm³/mol. The molecule has 0 N–H and O–H groups in total. The van der Waals surface area contributed by atoms with Gasteiger partial charge in [-0.25, -0.2) is 17.4 Å². The summed E-state index contributed by atoms with van der Waals surface area (Å²) in [7, 11) is -3.88. The molecule has 8 heteroatoms. The Bertz CT molecular complexity index is 1660. The molecule has 6 nitrogen and oxygen atoms in total. The van der Waals surface area contributed by atoms with Gasteiger partial charge < -0.3 is 4.74 Å². The monoisotopic (exact) mass is 517 g/mol. The van der Waals surface area contributed by atoms with Crippen molar-refractivity contribution >= 4 is 43.6 Å². The van der Waals surface area contributed by atoms with E-state index in [2.05, 4.69) is 34.1 Å². The first-order valence-electron chi connectivity index (χ1n) is 11.8. The molecule has 3 aromatic carbocycles. The van der Waals surface area contributed by atoms with Crippen molar-refractivity contribution in [2.24, 2.45) is 0 Å². The summed E-state index contributed by atoms with van der Waals surface area (Å²) in [6, 6.07) is 26.3. The number of ether oxygens (including phenoxy) is 1. The van der Waals surface area contributed by atoms with E-state index < -0.39 is 10.0 Å². The summed E-state index contributed by atoms with van der Waals surface area (Å²) >= 11 is 6.20. The molecular weight excluding hydrogens is 494 g/mol. The van der Waals surface area contributed by atoms with Crippen LogP contribution in [0.25, 0.3) is 33.1 Å². The largest absolute Gasteiger partial charge is 0.379 e. The fourth-order valence-corrected chi connectivity index (χ4v) is 6.41. The van der Waals surface area contributed by atoms with Gasteiger partial charge in [-0.3, -0.25) is 4.90 Å². The van der Waals surface area contributed by atoms with E-state index in [0.29, 0.717) is 11.2 Å². The van der Waals surface area contributed by atoms with Gasteiger partial charge in [-0.15, -0.1) is 0 Å². The summed E-state index contributed by atoms with van der Waals surface area (Å²) in [6.07, 6.45) is 0. The van der Waals surface area contributed by atoms with Crippen molar-refractivity contribution in [1.29, 1.82) is 0 Å². The zero-order chi connectivity index (χ0) is 24.7. The first-order valence-corrected chi connectivity index (χ1v) is 13.6. The number of halogens is 1. The van der Waals surface area contributed by atoms with Crippen molar-refractivity contribution in [2.75, 3.05) is 26.3 Å². The zero-order valence-corrected chi connectivity index (χ0v) is 21.0. The minimum atomic E-state index is -3.88. The van der Waals surface area contributed by atoms with Gasteiger partial charge in [-0.2, -0.15) is 0 Å². The number of hydrogen-bond donors (Lipinski definition) is 0. The number of rotatable bonds is 5. The summed E-state index contributed by atoms with van der Waals surface area (Å²) in [5.74, 6) is 0. The Morgan fingerprint density at radius 2 is 1.56 bits per heavy atom. The second-order valence-electron chi connectivity index (χ2n) is 8.91. The molecule has 0 atom stereocenters. The van der Waals surface area contributed by atoms with Crippen LogP contribution in [-0.4, -0.2) is 48.6 Å². The van der Waals surface area contributed by atoms with Gasteiger partial charge in [0.25, 0.3) is 10.0 Å². The number of morpholine rings is 1. The maximum absolute atomic E-state index is 13.7. The maximum atomic E-state index is 13.7. The molecule has 0 amide bonds. The van der Waals surface area contributed by atoms with E-state index in [4.69, 9.17) is 16.3 Å². The van der Waals surface area contributed by atoms with Gasteiger partial charge in [0.1, 0.15) is 5.15 Å². The van der Waals surface area contributed by atoms with Gasteiger partial charge in [0.2, 0.25) is 0 Å². The molecule has 0 spiro atoms. The fourth-order valence-electron chi connectivity index (χ4n) is 4.77. The normalized spacial score (nSPS) is 15.0. The summed E-state index contributed by atoms with van der Waals surface area (Å²) in [5, 5.41) is 1.79. The molecule has 1 saturated heterocycles. The maximum Gasteiger partial charge on any atom is 0.269 e. The molecule has 1 fully saturated rings. The first kappa shape index (κ1) is 23.2. The third kappa shape index (κ3) is 4.18. The second-order valence-corrected chi connectivity index (χ2v) is 11.1. The molecule has 0 aliphatic carbocycles. The van der Waals surface area contributed by atoms with E-state index >= 15 is 0 Å². The topological polar surface area (TPSA) is 64.4 Å². The van der Waals surface area contributed by atoms with E-state index in [9.17, 15) is 8.42 Å². The summed E-state index contributed by atoms with van der Waals surface area (Å²) in [5.41, 5.74) is 4.21. The molecule has 2 aromatic heterocycles. The third-order valence-electron chi connectivity index (χ3n) is 6.62. The Hall–Kier alpha value is -3.23. The number of pyridine rings is 1. The Balaban J connectivity index is 1.43. The van der Waals surface area contributed by atoms with Crippen molar-refractivity contribution in [3.63, 3.8) is 0 Å². The van der Waals surface area contributed by atoms with E-state index in [1.54, 1.807) is 36.4 Å². The Labute approximate surface area is 214 Å². The summed E-state index contributed by atoms with van der Waals surface area (Å²) in [4.78, 5) is 7.00. The highest BCUT2D eigenvalue weighted by atomic mass is 35.5. The van der Waals surface area contributed by atoms with Crippen molar-refractivity contribution in [3.8, 4) is 11.1 Å². The second kappa shape index (κ2) is 9.33. The van der Waals surface area contributed by atoms with Crippen molar-refractivity contribution in [1.82, 2.24) is 13.9 Å². The minimum Gasteiger partial charge on any atom is -0.379 e. The molecule has 1 aliphatic heterocycles. The van der Waals surface area contributed by atoms with Crippen LogP contribution < -0.4 is 0 Å². The van der Waals surface area contributed by atoms with E-state index in [0.717, 1.165) is 54.7 Å². The average Bonchev–Trinajstić information content (AvgIpc) is 3.23. The number of benzene rings is 3. The lowest BCUT2D eigenvalue weighted by atomic mass is 10.0. The number of fused-ring (bicyclic) bond motifs is 3. The highest BCUT2D eigenvalue weighted by Crippen LogP contribution is 2.35. The number of hydrogen-bond acceptors (Lipinski definition) is 5. The van der Waals surface area contributed by atoms with Crippen LogP contribution in [0.15, 0.2) is 89.8 Å². The van der Waals surface area contributed by atoms with Crippen LogP contribution in [0.3, 0.4) is 0 Å². The molecule has 1 aliphatic rings. The van der Waals surface area contributed by atoms with Crippen LogP contribution in [0.2, 0.25) is 5.15 Å². The Kier molecular flexibility index (Phi) is 6.01. The molecule has 6 rings (SSSR count). The molecule has 0 saturated carbocycles. The van der Waals surface area contributed by atoms with Crippen LogP contribution in [0.4, 0.5) is 0 Å². The minimum absolute atomic E-state index is 0.200. The van der Waals surface area contributed by atoms with Gasteiger partial charge >= 0.3 is 0 Å². The molecule has 0 bridgehead atoms. The molecule has 0 radical (unpaired) electrons. The van der Waals surface area contributed by atoms with Gasteiger partial charge in [0.05, 0.1) is 23.6 Å².